The number of anilines is 1. The van der Waals surface area contributed by atoms with Crippen LogP contribution in [-0.2, 0) is 4.79 Å². The molecule has 0 aliphatic carbocycles. The smallest absolute Gasteiger partial charge is 0.246 e. The Kier molecular flexibility index (Phi) is 5.79. The van der Waals surface area contributed by atoms with Crippen molar-refractivity contribution in [2.24, 2.45) is 0 Å². The van der Waals surface area contributed by atoms with Gasteiger partial charge < -0.3 is 19.3 Å². The number of para-hydroxylation sites is 2. The van der Waals surface area contributed by atoms with E-state index in [1.54, 1.807) is 26.4 Å². The van der Waals surface area contributed by atoms with Gasteiger partial charge in [0, 0.05) is 43.5 Å². The minimum atomic E-state index is 0.0163. The van der Waals surface area contributed by atoms with Crippen LogP contribution in [0.4, 0.5) is 5.69 Å². The number of piperazine rings is 1. The third-order valence-corrected chi connectivity index (χ3v) is 4.55. The Morgan fingerprint density at radius 1 is 0.923 bits per heavy atom. The van der Waals surface area contributed by atoms with Crippen molar-refractivity contribution in [3.05, 3.63) is 60.2 Å². The summed E-state index contributed by atoms with van der Waals surface area (Å²) >= 11 is 0. The molecule has 26 heavy (non-hydrogen) atoms. The topological polar surface area (TPSA) is 42.0 Å². The van der Waals surface area contributed by atoms with Gasteiger partial charge in [0.25, 0.3) is 0 Å². The lowest BCUT2D eigenvalue weighted by molar-refractivity contribution is -0.126. The van der Waals surface area contributed by atoms with Crippen molar-refractivity contribution in [1.29, 1.82) is 0 Å². The largest absolute Gasteiger partial charge is 0.493 e. The van der Waals surface area contributed by atoms with Crippen LogP contribution in [-0.4, -0.2) is 51.2 Å². The Hall–Kier alpha value is -2.95. The van der Waals surface area contributed by atoms with Gasteiger partial charge in [-0.25, -0.2) is 0 Å². The van der Waals surface area contributed by atoms with E-state index in [4.69, 9.17) is 9.47 Å². The van der Waals surface area contributed by atoms with Crippen LogP contribution in [0, 0.1) is 0 Å². The summed E-state index contributed by atoms with van der Waals surface area (Å²) in [5, 5.41) is 0. The molecule has 0 atom stereocenters. The minimum Gasteiger partial charge on any atom is -0.493 e. The first-order chi connectivity index (χ1) is 12.7. The highest BCUT2D eigenvalue weighted by Gasteiger charge is 2.19. The van der Waals surface area contributed by atoms with E-state index in [2.05, 4.69) is 17.0 Å². The second-order valence-electron chi connectivity index (χ2n) is 6.06. The fourth-order valence-corrected chi connectivity index (χ4v) is 3.13. The summed E-state index contributed by atoms with van der Waals surface area (Å²) in [5.41, 5.74) is 2.03. The average molecular weight is 352 g/mol. The first-order valence-corrected chi connectivity index (χ1v) is 8.71. The number of nitrogens with zero attached hydrogens (tertiary/aromatic N) is 2. The SMILES string of the molecule is COc1cccc(/C=C/C(=O)N2CCN(c3ccccc3)CC2)c1OC. The van der Waals surface area contributed by atoms with Crippen molar-refractivity contribution in [2.75, 3.05) is 45.3 Å². The zero-order chi connectivity index (χ0) is 18.4. The van der Waals surface area contributed by atoms with Crippen LogP contribution in [0.3, 0.4) is 0 Å². The molecule has 1 aliphatic heterocycles. The normalized spacial score (nSPS) is 14.5. The van der Waals surface area contributed by atoms with Gasteiger partial charge in [-0.1, -0.05) is 30.3 Å². The summed E-state index contributed by atoms with van der Waals surface area (Å²) in [6, 6.07) is 15.9. The molecule has 0 saturated carbocycles. The van der Waals surface area contributed by atoms with E-state index in [9.17, 15) is 4.79 Å². The molecule has 136 valence electrons. The summed E-state index contributed by atoms with van der Waals surface area (Å²) in [6.45, 7) is 3.11. The Balaban J connectivity index is 1.62. The van der Waals surface area contributed by atoms with Crippen LogP contribution >= 0.6 is 0 Å². The Morgan fingerprint density at radius 2 is 1.65 bits per heavy atom. The number of methoxy groups -OCH3 is 2. The number of hydrogen-bond acceptors (Lipinski definition) is 4. The monoisotopic (exact) mass is 352 g/mol. The van der Waals surface area contributed by atoms with Crippen molar-refractivity contribution in [2.45, 2.75) is 0 Å². The van der Waals surface area contributed by atoms with Crippen LogP contribution in [0.2, 0.25) is 0 Å². The lowest BCUT2D eigenvalue weighted by Gasteiger charge is -2.35. The second-order valence-corrected chi connectivity index (χ2v) is 6.06. The van der Waals surface area contributed by atoms with Gasteiger partial charge in [-0.15, -0.1) is 0 Å². The van der Waals surface area contributed by atoms with Gasteiger partial charge >= 0.3 is 0 Å². The quantitative estimate of drug-likeness (QED) is 0.776. The molecule has 0 aromatic heterocycles. The number of benzene rings is 2. The Labute approximate surface area is 154 Å². The van der Waals surface area contributed by atoms with Crippen molar-refractivity contribution in [3.8, 4) is 11.5 Å². The standard InChI is InChI=1S/C21H24N2O3/c1-25-19-10-6-7-17(21(19)26-2)11-12-20(24)23-15-13-22(14-16-23)18-8-4-3-5-9-18/h3-12H,13-16H2,1-2H3/b12-11+. The van der Waals surface area contributed by atoms with Crippen molar-refractivity contribution in [1.82, 2.24) is 4.90 Å². The van der Waals surface area contributed by atoms with Gasteiger partial charge in [0.05, 0.1) is 14.2 Å². The average Bonchev–Trinajstić information content (AvgIpc) is 2.72. The number of amides is 1. The second kappa shape index (κ2) is 8.43. The van der Waals surface area contributed by atoms with E-state index in [0.717, 1.165) is 18.7 Å². The van der Waals surface area contributed by atoms with Crippen LogP contribution in [0.15, 0.2) is 54.6 Å². The van der Waals surface area contributed by atoms with Gasteiger partial charge in [-0.05, 0) is 24.3 Å². The lowest BCUT2D eigenvalue weighted by Crippen LogP contribution is -2.48. The molecule has 2 aromatic carbocycles. The van der Waals surface area contributed by atoms with E-state index in [-0.39, 0.29) is 5.91 Å². The molecule has 0 unspecified atom stereocenters. The van der Waals surface area contributed by atoms with Crippen LogP contribution in [0.25, 0.3) is 6.08 Å². The number of ether oxygens (including phenoxy) is 2. The van der Waals surface area contributed by atoms with Crippen molar-refractivity contribution < 1.29 is 14.3 Å². The highest BCUT2D eigenvalue weighted by atomic mass is 16.5. The predicted molar refractivity (Wildman–Crippen MR) is 104 cm³/mol. The highest BCUT2D eigenvalue weighted by Crippen LogP contribution is 2.31. The molecule has 1 amide bonds. The molecular formula is C21H24N2O3. The molecule has 5 heteroatoms. The maximum Gasteiger partial charge on any atom is 0.246 e. The third-order valence-electron chi connectivity index (χ3n) is 4.55. The van der Waals surface area contributed by atoms with Gasteiger partial charge in [-0.2, -0.15) is 0 Å². The van der Waals surface area contributed by atoms with E-state index in [1.165, 1.54) is 5.69 Å². The molecule has 0 N–H and O–H groups in total. The minimum absolute atomic E-state index is 0.0163. The van der Waals surface area contributed by atoms with Crippen LogP contribution in [0.5, 0.6) is 11.5 Å². The summed E-state index contributed by atoms with van der Waals surface area (Å²) in [4.78, 5) is 16.7. The molecule has 0 radical (unpaired) electrons. The Morgan fingerprint density at radius 3 is 2.31 bits per heavy atom. The molecule has 2 aromatic rings. The van der Waals surface area contributed by atoms with Crippen molar-refractivity contribution in [3.63, 3.8) is 0 Å². The molecule has 1 heterocycles. The van der Waals surface area contributed by atoms with Gasteiger partial charge in [-0.3, -0.25) is 4.79 Å². The number of rotatable bonds is 5. The molecule has 1 aliphatic rings. The summed E-state index contributed by atoms with van der Waals surface area (Å²) in [7, 11) is 3.20. The molecule has 1 saturated heterocycles. The maximum absolute atomic E-state index is 12.5. The fraction of sp³-hybridized carbons (Fsp3) is 0.286. The molecule has 0 spiro atoms. The van der Waals surface area contributed by atoms with E-state index >= 15 is 0 Å². The third kappa shape index (κ3) is 3.99. The fourth-order valence-electron chi connectivity index (χ4n) is 3.13. The van der Waals surface area contributed by atoms with Gasteiger partial charge in [0.1, 0.15) is 0 Å². The Bertz CT molecular complexity index is 766. The van der Waals surface area contributed by atoms with Gasteiger partial charge in [0.2, 0.25) is 5.91 Å². The zero-order valence-corrected chi connectivity index (χ0v) is 15.2. The first-order valence-electron chi connectivity index (χ1n) is 8.71. The molecule has 3 rings (SSSR count). The predicted octanol–water partition coefficient (Wildman–Crippen LogP) is 3.07. The number of hydrogen-bond donors (Lipinski definition) is 0. The maximum atomic E-state index is 12.5. The van der Waals surface area contributed by atoms with Crippen LogP contribution in [0.1, 0.15) is 5.56 Å². The van der Waals surface area contributed by atoms with E-state index < -0.39 is 0 Å². The summed E-state index contributed by atoms with van der Waals surface area (Å²) < 4.78 is 10.7. The first kappa shape index (κ1) is 17.9. The highest BCUT2D eigenvalue weighted by molar-refractivity contribution is 5.92. The number of carbonyl (C=O) groups excluding carboxylic acids is 1. The molecule has 5 nitrogen and oxygen atoms in total. The summed E-state index contributed by atoms with van der Waals surface area (Å²) in [6.07, 6.45) is 3.39. The molecule has 1 fully saturated rings. The van der Waals surface area contributed by atoms with Crippen molar-refractivity contribution >= 4 is 17.7 Å². The number of carbonyl (C=O) groups is 1. The van der Waals surface area contributed by atoms with E-state index in [1.807, 2.05) is 41.3 Å². The zero-order valence-electron chi connectivity index (χ0n) is 15.2. The summed E-state index contributed by atoms with van der Waals surface area (Å²) in [5.74, 6) is 1.30. The van der Waals surface area contributed by atoms with Crippen LogP contribution < -0.4 is 14.4 Å². The van der Waals surface area contributed by atoms with Gasteiger partial charge in [0.15, 0.2) is 11.5 Å². The lowest BCUT2D eigenvalue weighted by atomic mass is 10.1. The van der Waals surface area contributed by atoms with E-state index in [0.29, 0.717) is 24.6 Å². The molecule has 0 bridgehead atoms. The molecular weight excluding hydrogens is 328 g/mol.